The van der Waals surface area contributed by atoms with E-state index in [1.807, 2.05) is 67.6 Å². The summed E-state index contributed by atoms with van der Waals surface area (Å²) in [6.07, 6.45) is 1.65. The fourth-order valence-corrected chi connectivity index (χ4v) is 6.86. The van der Waals surface area contributed by atoms with Crippen LogP contribution < -0.4 is 14.8 Å². The first-order valence-electron chi connectivity index (χ1n) is 12.9. The molecule has 1 N–H and O–H groups in total. The van der Waals surface area contributed by atoms with E-state index >= 15 is 0 Å². The molecule has 3 aromatic carbocycles. The summed E-state index contributed by atoms with van der Waals surface area (Å²) < 4.78 is 12.0. The van der Waals surface area contributed by atoms with Crippen molar-refractivity contribution >= 4 is 23.2 Å². The number of amides is 1. The molecule has 4 atom stereocenters. The summed E-state index contributed by atoms with van der Waals surface area (Å²) in [7, 11) is 0. The Labute approximate surface area is 225 Å². The van der Waals surface area contributed by atoms with Gasteiger partial charge in [-0.2, -0.15) is 0 Å². The summed E-state index contributed by atoms with van der Waals surface area (Å²) in [6, 6.07) is 19.0. The Balaban J connectivity index is 1.41. The Morgan fingerprint density at radius 1 is 1.11 bits per heavy atom. The Morgan fingerprint density at radius 3 is 2.68 bits per heavy atom. The number of halogens is 1. The first-order chi connectivity index (χ1) is 18.5. The monoisotopic (exact) mass is 533 g/mol. The quantitative estimate of drug-likeness (QED) is 0.324. The minimum absolute atomic E-state index is 0.147. The van der Waals surface area contributed by atoms with Crippen LogP contribution in [0, 0.1) is 10.1 Å². The van der Waals surface area contributed by atoms with E-state index in [-0.39, 0.29) is 23.5 Å². The van der Waals surface area contributed by atoms with Crippen molar-refractivity contribution in [2.45, 2.75) is 49.9 Å². The van der Waals surface area contributed by atoms with Gasteiger partial charge in [-0.05, 0) is 49.6 Å². The van der Waals surface area contributed by atoms with Crippen molar-refractivity contribution in [1.29, 1.82) is 0 Å². The molecule has 0 aromatic heterocycles. The zero-order chi connectivity index (χ0) is 26.4. The van der Waals surface area contributed by atoms with Crippen LogP contribution in [0.2, 0.25) is 5.02 Å². The van der Waals surface area contributed by atoms with Crippen LogP contribution in [0.5, 0.6) is 11.5 Å². The third kappa shape index (κ3) is 3.66. The SMILES string of the molecule is CCOc1cc([C@H]2[C@H]([N+](=O)[O-])[C@]3(C(=O)Nc4ccccc43)N3CCC[C@@H]23)ccc1OCc1ccccc1Cl. The average Bonchev–Trinajstić information content (AvgIpc) is 3.57. The Morgan fingerprint density at radius 2 is 1.89 bits per heavy atom. The van der Waals surface area contributed by atoms with Crippen molar-refractivity contribution in [2.24, 2.45) is 0 Å². The van der Waals surface area contributed by atoms with E-state index in [2.05, 4.69) is 10.2 Å². The highest BCUT2D eigenvalue weighted by atomic mass is 35.5. The van der Waals surface area contributed by atoms with Crippen LogP contribution >= 0.6 is 11.6 Å². The number of nitrogens with zero attached hydrogens (tertiary/aromatic N) is 2. The van der Waals surface area contributed by atoms with Crippen molar-refractivity contribution in [3.8, 4) is 11.5 Å². The molecule has 0 radical (unpaired) electrons. The normalized spacial score (nSPS) is 25.7. The lowest BCUT2D eigenvalue weighted by atomic mass is 9.77. The molecule has 8 nitrogen and oxygen atoms in total. The van der Waals surface area contributed by atoms with Gasteiger partial charge in [0, 0.05) is 39.3 Å². The molecule has 3 aliphatic heterocycles. The molecule has 9 heteroatoms. The fourth-order valence-electron chi connectivity index (χ4n) is 6.67. The number of carbonyl (C=O) groups excluding carboxylic acids is 1. The third-order valence-corrected chi connectivity index (χ3v) is 8.46. The summed E-state index contributed by atoms with van der Waals surface area (Å²) in [5, 5.41) is 16.4. The lowest BCUT2D eigenvalue weighted by Crippen LogP contribution is -2.55. The first kappa shape index (κ1) is 24.7. The third-order valence-electron chi connectivity index (χ3n) is 8.09. The maximum atomic E-state index is 13.6. The van der Waals surface area contributed by atoms with Gasteiger partial charge in [-0.3, -0.25) is 19.8 Å². The van der Waals surface area contributed by atoms with Crippen LogP contribution in [0.4, 0.5) is 5.69 Å². The first-order valence-corrected chi connectivity index (χ1v) is 13.3. The maximum absolute atomic E-state index is 13.6. The standard InChI is InChI=1S/C29H28ClN3O5/c1-2-37-25-16-18(13-14-24(25)38-17-19-8-3-5-10-21(19)30)26-23-12-7-15-32(23)29(27(26)33(35)36)20-9-4-6-11-22(20)31-28(29)34/h3-6,8-11,13-14,16,23,26-27H,2,7,12,15,17H2,1H3,(H,31,34)/t23-,26+,27-,29+/m0/s1. The van der Waals surface area contributed by atoms with Gasteiger partial charge in [0.25, 0.3) is 11.9 Å². The van der Waals surface area contributed by atoms with Crippen molar-refractivity contribution in [3.63, 3.8) is 0 Å². The number of hydrogen-bond donors (Lipinski definition) is 1. The molecule has 38 heavy (non-hydrogen) atoms. The highest BCUT2D eigenvalue weighted by molar-refractivity contribution is 6.31. The number of hydrogen-bond acceptors (Lipinski definition) is 6. The van der Waals surface area contributed by atoms with Crippen LogP contribution in [-0.4, -0.2) is 41.0 Å². The molecule has 196 valence electrons. The molecule has 2 saturated heterocycles. The van der Waals surface area contributed by atoms with E-state index in [1.54, 1.807) is 6.07 Å². The number of para-hydroxylation sites is 1. The van der Waals surface area contributed by atoms with E-state index < -0.39 is 17.5 Å². The number of ether oxygens (including phenoxy) is 2. The molecule has 6 rings (SSSR count). The number of fused-ring (bicyclic) bond motifs is 4. The van der Waals surface area contributed by atoms with Gasteiger partial charge >= 0.3 is 0 Å². The second-order valence-corrected chi connectivity index (χ2v) is 10.4. The summed E-state index contributed by atoms with van der Waals surface area (Å²) >= 11 is 6.29. The summed E-state index contributed by atoms with van der Waals surface area (Å²) in [5.74, 6) is 0.231. The van der Waals surface area contributed by atoms with Crippen molar-refractivity contribution in [3.05, 3.63) is 98.6 Å². The Bertz CT molecular complexity index is 1410. The predicted octanol–water partition coefficient (Wildman–Crippen LogP) is 5.37. The Hall–Kier alpha value is -3.62. The lowest BCUT2D eigenvalue weighted by molar-refractivity contribution is -0.534. The summed E-state index contributed by atoms with van der Waals surface area (Å²) in [4.78, 5) is 28.3. The molecule has 0 bridgehead atoms. The largest absolute Gasteiger partial charge is 0.490 e. The van der Waals surface area contributed by atoms with E-state index in [4.69, 9.17) is 21.1 Å². The molecular formula is C29H28ClN3O5. The van der Waals surface area contributed by atoms with E-state index in [0.29, 0.717) is 40.9 Å². The number of anilines is 1. The molecule has 3 heterocycles. The van der Waals surface area contributed by atoms with Gasteiger partial charge in [0.2, 0.25) is 0 Å². The molecule has 3 aromatic rings. The van der Waals surface area contributed by atoms with Crippen molar-refractivity contribution in [1.82, 2.24) is 4.90 Å². The number of rotatable bonds is 7. The highest BCUT2D eigenvalue weighted by Gasteiger charge is 2.73. The van der Waals surface area contributed by atoms with Crippen molar-refractivity contribution < 1.29 is 19.2 Å². The molecule has 1 amide bonds. The van der Waals surface area contributed by atoms with Gasteiger partial charge < -0.3 is 14.8 Å². The highest BCUT2D eigenvalue weighted by Crippen LogP contribution is 2.58. The van der Waals surface area contributed by atoms with Gasteiger partial charge in [0.15, 0.2) is 17.0 Å². The minimum atomic E-state index is -1.35. The van der Waals surface area contributed by atoms with E-state index in [0.717, 1.165) is 24.0 Å². The zero-order valence-electron chi connectivity index (χ0n) is 20.9. The second kappa shape index (κ2) is 9.60. The van der Waals surface area contributed by atoms with Crippen LogP contribution in [-0.2, 0) is 16.9 Å². The second-order valence-electron chi connectivity index (χ2n) is 9.94. The summed E-state index contributed by atoms with van der Waals surface area (Å²) in [6.45, 7) is 3.18. The molecule has 0 aliphatic carbocycles. The minimum Gasteiger partial charge on any atom is -0.490 e. The van der Waals surface area contributed by atoms with Gasteiger partial charge in [0.1, 0.15) is 6.61 Å². The topological polar surface area (TPSA) is 93.9 Å². The molecule has 0 saturated carbocycles. The fraction of sp³-hybridized carbons (Fsp3) is 0.345. The van der Waals surface area contributed by atoms with Gasteiger partial charge in [-0.25, -0.2) is 0 Å². The van der Waals surface area contributed by atoms with Gasteiger partial charge in [-0.1, -0.05) is 54.1 Å². The lowest BCUT2D eigenvalue weighted by Gasteiger charge is -2.32. The van der Waals surface area contributed by atoms with Gasteiger partial charge in [0.05, 0.1) is 12.5 Å². The van der Waals surface area contributed by atoms with Crippen LogP contribution in [0.15, 0.2) is 66.7 Å². The number of nitrogens with one attached hydrogen (secondary N) is 1. The number of carbonyl (C=O) groups is 1. The summed E-state index contributed by atoms with van der Waals surface area (Å²) in [5.41, 5.74) is 1.60. The predicted molar refractivity (Wildman–Crippen MR) is 143 cm³/mol. The molecule has 0 unspecified atom stereocenters. The smallest absolute Gasteiger partial charge is 0.256 e. The molecule has 1 spiro atoms. The molecular weight excluding hydrogens is 506 g/mol. The maximum Gasteiger partial charge on any atom is 0.256 e. The van der Waals surface area contributed by atoms with Crippen LogP contribution in [0.25, 0.3) is 0 Å². The van der Waals surface area contributed by atoms with E-state index in [9.17, 15) is 14.9 Å². The molecule has 3 aliphatic rings. The van der Waals surface area contributed by atoms with Gasteiger partial charge in [-0.15, -0.1) is 0 Å². The average molecular weight is 534 g/mol. The van der Waals surface area contributed by atoms with Crippen LogP contribution in [0.1, 0.15) is 42.4 Å². The van der Waals surface area contributed by atoms with Crippen molar-refractivity contribution in [2.75, 3.05) is 18.5 Å². The van der Waals surface area contributed by atoms with Crippen LogP contribution in [0.3, 0.4) is 0 Å². The van der Waals surface area contributed by atoms with E-state index in [1.165, 1.54) is 0 Å². The zero-order valence-corrected chi connectivity index (χ0v) is 21.7. The molecule has 2 fully saturated rings. The number of nitro groups is 1. The Kier molecular flexibility index (Phi) is 6.24. The number of benzene rings is 3.